The molecule has 106 valence electrons. The van der Waals surface area contributed by atoms with Crippen molar-refractivity contribution in [3.05, 3.63) is 58.3 Å². The number of thiophene rings is 1. The van der Waals surface area contributed by atoms with E-state index in [1.807, 2.05) is 47.8 Å². The van der Waals surface area contributed by atoms with Crippen molar-refractivity contribution in [2.24, 2.45) is 0 Å². The minimum atomic E-state index is -1.08. The zero-order chi connectivity index (χ0) is 14.4. The molecule has 0 aliphatic rings. The molecule has 4 nitrogen and oxygen atoms in total. The highest BCUT2D eigenvalue weighted by Gasteiger charge is 2.23. The van der Waals surface area contributed by atoms with Gasteiger partial charge in [0.2, 0.25) is 0 Å². The van der Waals surface area contributed by atoms with E-state index in [1.54, 1.807) is 18.3 Å². The molecule has 0 aliphatic carbocycles. The standard InChI is InChI=1S/C15H18N2O2S/c1-15(19,12-6-3-2-4-7-12)11-17-14(18)16-10-13-8-5-9-20-13/h2-9,19H,10-11H2,1H3,(H2,16,17,18). The predicted octanol–water partition coefficient (Wildman–Crippen LogP) is 2.46. The molecule has 1 aromatic heterocycles. The summed E-state index contributed by atoms with van der Waals surface area (Å²) < 4.78 is 0. The molecule has 0 aliphatic heterocycles. The lowest BCUT2D eigenvalue weighted by molar-refractivity contribution is 0.0594. The first-order chi connectivity index (χ1) is 9.58. The van der Waals surface area contributed by atoms with E-state index in [1.165, 1.54) is 0 Å². The van der Waals surface area contributed by atoms with E-state index >= 15 is 0 Å². The van der Waals surface area contributed by atoms with Crippen LogP contribution >= 0.6 is 11.3 Å². The van der Waals surface area contributed by atoms with Crippen LogP contribution in [0.15, 0.2) is 47.8 Å². The summed E-state index contributed by atoms with van der Waals surface area (Å²) in [6.07, 6.45) is 0. The number of hydrogen-bond donors (Lipinski definition) is 3. The van der Waals surface area contributed by atoms with Crippen LogP contribution in [-0.4, -0.2) is 17.7 Å². The highest BCUT2D eigenvalue weighted by atomic mass is 32.1. The van der Waals surface area contributed by atoms with Gasteiger partial charge in [-0.3, -0.25) is 0 Å². The number of aliphatic hydroxyl groups is 1. The number of rotatable bonds is 5. The lowest BCUT2D eigenvalue weighted by Gasteiger charge is -2.24. The van der Waals surface area contributed by atoms with E-state index in [4.69, 9.17) is 0 Å². The molecule has 5 heteroatoms. The van der Waals surface area contributed by atoms with Crippen LogP contribution in [-0.2, 0) is 12.1 Å². The molecule has 0 radical (unpaired) electrons. The fourth-order valence-electron chi connectivity index (χ4n) is 1.79. The van der Waals surface area contributed by atoms with Crippen LogP contribution in [0.3, 0.4) is 0 Å². The van der Waals surface area contributed by atoms with Gasteiger partial charge in [-0.25, -0.2) is 4.79 Å². The molecular weight excluding hydrogens is 272 g/mol. The zero-order valence-corrected chi connectivity index (χ0v) is 12.1. The smallest absolute Gasteiger partial charge is 0.315 e. The van der Waals surface area contributed by atoms with E-state index < -0.39 is 5.60 Å². The van der Waals surface area contributed by atoms with Crippen LogP contribution in [0.5, 0.6) is 0 Å². The van der Waals surface area contributed by atoms with Crippen LogP contribution in [0, 0.1) is 0 Å². The number of carbonyl (C=O) groups excluding carboxylic acids is 1. The van der Waals surface area contributed by atoms with Crippen molar-refractivity contribution in [2.45, 2.75) is 19.1 Å². The van der Waals surface area contributed by atoms with Gasteiger partial charge in [0.15, 0.2) is 0 Å². The van der Waals surface area contributed by atoms with Gasteiger partial charge in [0, 0.05) is 4.88 Å². The summed E-state index contributed by atoms with van der Waals surface area (Å²) in [5.41, 5.74) is -0.305. The Morgan fingerprint density at radius 2 is 1.95 bits per heavy atom. The monoisotopic (exact) mass is 290 g/mol. The Morgan fingerprint density at radius 1 is 1.20 bits per heavy atom. The van der Waals surface area contributed by atoms with Gasteiger partial charge in [0.25, 0.3) is 0 Å². The topological polar surface area (TPSA) is 61.4 Å². The number of urea groups is 1. The molecule has 3 N–H and O–H groups in total. The van der Waals surface area contributed by atoms with Gasteiger partial charge in [-0.15, -0.1) is 11.3 Å². The van der Waals surface area contributed by atoms with E-state index in [2.05, 4.69) is 10.6 Å². The zero-order valence-electron chi connectivity index (χ0n) is 11.3. The normalized spacial score (nSPS) is 13.5. The van der Waals surface area contributed by atoms with Gasteiger partial charge in [-0.1, -0.05) is 36.4 Å². The Bertz CT molecular complexity index is 538. The summed E-state index contributed by atoms with van der Waals surface area (Å²) >= 11 is 1.59. The van der Waals surface area contributed by atoms with Crippen molar-refractivity contribution in [3.8, 4) is 0 Å². The lowest BCUT2D eigenvalue weighted by Crippen LogP contribution is -2.43. The van der Waals surface area contributed by atoms with Gasteiger partial charge in [0.05, 0.1) is 13.1 Å². The van der Waals surface area contributed by atoms with Crippen LogP contribution in [0.25, 0.3) is 0 Å². The predicted molar refractivity (Wildman–Crippen MR) is 80.6 cm³/mol. The third-order valence-electron chi connectivity index (χ3n) is 2.99. The maximum atomic E-state index is 11.7. The Labute approximate surface area is 122 Å². The third-order valence-corrected chi connectivity index (χ3v) is 3.87. The van der Waals surface area contributed by atoms with Gasteiger partial charge >= 0.3 is 6.03 Å². The molecule has 0 fully saturated rings. The summed E-state index contributed by atoms with van der Waals surface area (Å²) in [6.45, 7) is 2.34. The molecule has 1 unspecified atom stereocenters. The number of carbonyl (C=O) groups is 1. The highest BCUT2D eigenvalue weighted by molar-refractivity contribution is 7.09. The fraction of sp³-hybridized carbons (Fsp3) is 0.267. The second-order valence-corrected chi connectivity index (χ2v) is 5.79. The van der Waals surface area contributed by atoms with Crippen molar-refractivity contribution >= 4 is 17.4 Å². The quantitative estimate of drug-likeness (QED) is 0.792. The first-order valence-electron chi connectivity index (χ1n) is 6.40. The van der Waals surface area contributed by atoms with Crippen molar-refractivity contribution < 1.29 is 9.90 Å². The van der Waals surface area contributed by atoms with E-state index in [0.717, 1.165) is 10.4 Å². The summed E-state index contributed by atoms with van der Waals surface area (Å²) in [6, 6.07) is 12.9. The lowest BCUT2D eigenvalue weighted by atomic mass is 9.96. The Hall–Kier alpha value is -1.85. The molecule has 2 aromatic rings. The molecule has 0 saturated heterocycles. The maximum absolute atomic E-state index is 11.7. The first kappa shape index (κ1) is 14.6. The molecule has 2 amide bonds. The average molecular weight is 290 g/mol. The average Bonchev–Trinajstić information content (AvgIpc) is 2.97. The Morgan fingerprint density at radius 3 is 2.60 bits per heavy atom. The molecule has 0 bridgehead atoms. The van der Waals surface area contributed by atoms with Crippen molar-refractivity contribution in [3.63, 3.8) is 0 Å². The summed E-state index contributed by atoms with van der Waals surface area (Å²) in [5.74, 6) is 0. The van der Waals surface area contributed by atoms with Crippen LogP contribution in [0.4, 0.5) is 4.79 Å². The van der Waals surface area contributed by atoms with E-state index in [0.29, 0.717) is 6.54 Å². The summed E-state index contributed by atoms with van der Waals surface area (Å²) in [7, 11) is 0. The molecule has 1 atom stereocenters. The second-order valence-electron chi connectivity index (χ2n) is 4.76. The largest absolute Gasteiger partial charge is 0.384 e. The number of nitrogens with one attached hydrogen (secondary N) is 2. The van der Waals surface area contributed by atoms with Crippen LogP contribution in [0.1, 0.15) is 17.4 Å². The van der Waals surface area contributed by atoms with E-state index in [9.17, 15) is 9.90 Å². The van der Waals surface area contributed by atoms with Crippen LogP contribution < -0.4 is 10.6 Å². The van der Waals surface area contributed by atoms with Gasteiger partial charge in [-0.05, 0) is 23.9 Å². The van der Waals surface area contributed by atoms with Gasteiger partial charge in [-0.2, -0.15) is 0 Å². The SMILES string of the molecule is CC(O)(CNC(=O)NCc1cccs1)c1ccccc1. The maximum Gasteiger partial charge on any atom is 0.315 e. The summed E-state index contributed by atoms with van der Waals surface area (Å²) in [4.78, 5) is 12.8. The van der Waals surface area contributed by atoms with Gasteiger partial charge in [0.1, 0.15) is 5.60 Å². The molecule has 1 heterocycles. The van der Waals surface area contributed by atoms with Crippen molar-refractivity contribution in [1.82, 2.24) is 10.6 Å². The first-order valence-corrected chi connectivity index (χ1v) is 7.28. The highest BCUT2D eigenvalue weighted by Crippen LogP contribution is 2.18. The fourth-order valence-corrected chi connectivity index (χ4v) is 2.44. The molecule has 2 rings (SSSR count). The van der Waals surface area contributed by atoms with Gasteiger partial charge < -0.3 is 15.7 Å². The molecule has 1 aromatic carbocycles. The Balaban J connectivity index is 1.80. The Kier molecular flexibility index (Phi) is 4.76. The number of benzene rings is 1. The molecular formula is C15H18N2O2S. The van der Waals surface area contributed by atoms with Crippen LogP contribution in [0.2, 0.25) is 0 Å². The minimum absolute atomic E-state index is 0.160. The second kappa shape index (κ2) is 6.54. The number of amides is 2. The summed E-state index contributed by atoms with van der Waals surface area (Å²) in [5, 5.41) is 17.8. The number of hydrogen-bond acceptors (Lipinski definition) is 3. The van der Waals surface area contributed by atoms with Crippen molar-refractivity contribution in [2.75, 3.05) is 6.54 Å². The molecule has 0 saturated carbocycles. The third kappa shape index (κ3) is 4.08. The molecule has 0 spiro atoms. The van der Waals surface area contributed by atoms with E-state index in [-0.39, 0.29) is 12.6 Å². The van der Waals surface area contributed by atoms with Crippen molar-refractivity contribution in [1.29, 1.82) is 0 Å². The molecule has 20 heavy (non-hydrogen) atoms. The minimum Gasteiger partial charge on any atom is -0.384 e.